The third kappa shape index (κ3) is 4.41. The van der Waals surface area contributed by atoms with Gasteiger partial charge in [-0.15, -0.1) is 0 Å². The molecule has 1 fully saturated rings. The lowest BCUT2D eigenvalue weighted by atomic mass is 10.1. The molecule has 0 saturated carbocycles. The van der Waals surface area contributed by atoms with Crippen LogP contribution < -0.4 is 4.74 Å². The average molecular weight is 369 g/mol. The number of methoxy groups -OCH3 is 1. The molecule has 3 heterocycles. The Morgan fingerprint density at radius 3 is 2.88 bits per heavy atom. The van der Waals surface area contributed by atoms with Crippen molar-refractivity contribution in [1.82, 2.24) is 19.4 Å². The van der Waals surface area contributed by atoms with Gasteiger partial charge in [-0.3, -0.25) is 9.47 Å². The predicted molar refractivity (Wildman–Crippen MR) is 89.1 cm³/mol. The van der Waals surface area contributed by atoms with Crippen molar-refractivity contribution in [2.75, 3.05) is 59.7 Å². The fourth-order valence-corrected chi connectivity index (χ4v) is 3.00. The first-order valence-electron chi connectivity index (χ1n) is 8.54. The smallest absolute Gasteiger partial charge is 0.414 e. The van der Waals surface area contributed by atoms with Gasteiger partial charge in [0.2, 0.25) is 0 Å². The van der Waals surface area contributed by atoms with Crippen LogP contribution in [-0.2, 0) is 16.0 Å². The van der Waals surface area contributed by atoms with E-state index in [-0.39, 0.29) is 30.4 Å². The summed E-state index contributed by atoms with van der Waals surface area (Å²) in [7, 11) is 1.67. The molecule has 0 bridgehead atoms. The SMILES string of the molecule is COCCN1CCN(C(=O)OC[C@@H]2COc3nc([N+](=O)[O-])cn3C2)CC1. The zero-order valence-electron chi connectivity index (χ0n) is 14.7. The van der Waals surface area contributed by atoms with Crippen LogP contribution in [0.5, 0.6) is 6.01 Å². The lowest BCUT2D eigenvalue weighted by molar-refractivity contribution is -0.389. The number of aromatic nitrogens is 2. The lowest BCUT2D eigenvalue weighted by Gasteiger charge is -2.34. The summed E-state index contributed by atoms with van der Waals surface area (Å²) in [6.07, 6.45) is 1.00. The fraction of sp³-hybridized carbons (Fsp3) is 0.733. The molecule has 0 aliphatic carbocycles. The molecule has 1 saturated heterocycles. The van der Waals surface area contributed by atoms with Gasteiger partial charge in [0.1, 0.15) is 19.4 Å². The molecule has 144 valence electrons. The van der Waals surface area contributed by atoms with Crippen LogP contribution in [0, 0.1) is 16.0 Å². The minimum atomic E-state index is -0.560. The first-order valence-corrected chi connectivity index (χ1v) is 8.54. The molecule has 1 amide bonds. The summed E-state index contributed by atoms with van der Waals surface area (Å²) in [6, 6.07) is 0.228. The Hall–Kier alpha value is -2.40. The van der Waals surface area contributed by atoms with Gasteiger partial charge in [0.05, 0.1) is 6.61 Å². The second-order valence-corrected chi connectivity index (χ2v) is 6.37. The number of hydrogen-bond acceptors (Lipinski definition) is 8. The maximum absolute atomic E-state index is 12.2. The second kappa shape index (κ2) is 8.32. The zero-order valence-corrected chi connectivity index (χ0v) is 14.7. The molecule has 0 radical (unpaired) electrons. The van der Waals surface area contributed by atoms with Gasteiger partial charge in [-0.05, 0) is 4.92 Å². The molecule has 0 aromatic carbocycles. The minimum Gasteiger partial charge on any atom is -0.449 e. The molecule has 2 aliphatic rings. The molecule has 2 aliphatic heterocycles. The average Bonchev–Trinajstić information content (AvgIpc) is 3.08. The molecular weight excluding hydrogens is 346 g/mol. The summed E-state index contributed by atoms with van der Waals surface area (Å²) in [6.45, 7) is 5.37. The summed E-state index contributed by atoms with van der Waals surface area (Å²) >= 11 is 0. The Morgan fingerprint density at radius 2 is 2.19 bits per heavy atom. The van der Waals surface area contributed by atoms with Crippen LogP contribution in [0.15, 0.2) is 6.20 Å². The summed E-state index contributed by atoms with van der Waals surface area (Å²) in [5.41, 5.74) is 0. The number of piperazine rings is 1. The monoisotopic (exact) mass is 369 g/mol. The Bertz CT molecular complexity index is 642. The van der Waals surface area contributed by atoms with Crippen LogP contribution >= 0.6 is 0 Å². The first-order chi connectivity index (χ1) is 12.6. The number of nitro groups is 1. The summed E-state index contributed by atoms with van der Waals surface area (Å²) in [4.78, 5) is 30.1. The molecule has 0 N–H and O–H groups in total. The largest absolute Gasteiger partial charge is 0.449 e. The number of imidazole rings is 1. The van der Waals surface area contributed by atoms with Crippen molar-refractivity contribution in [3.05, 3.63) is 16.3 Å². The fourth-order valence-electron chi connectivity index (χ4n) is 3.00. The third-order valence-electron chi connectivity index (χ3n) is 4.50. The highest BCUT2D eigenvalue weighted by molar-refractivity contribution is 5.67. The number of amides is 1. The molecule has 11 nitrogen and oxygen atoms in total. The van der Waals surface area contributed by atoms with Crippen molar-refractivity contribution >= 4 is 11.9 Å². The van der Waals surface area contributed by atoms with Gasteiger partial charge >= 0.3 is 17.9 Å². The molecule has 0 unspecified atom stereocenters. The van der Waals surface area contributed by atoms with Crippen molar-refractivity contribution in [1.29, 1.82) is 0 Å². The Balaban J connectivity index is 1.42. The van der Waals surface area contributed by atoms with Crippen LogP contribution in [0.4, 0.5) is 10.6 Å². The standard InChI is InChI=1S/C15H23N5O6/c1-24-7-6-17-2-4-18(5-3-17)15(21)26-11-12-8-19-9-13(20(22)23)16-14(19)25-10-12/h9,12H,2-8,10-11H2,1H3/t12-/m0/s1. The first kappa shape index (κ1) is 18.4. The highest BCUT2D eigenvalue weighted by Crippen LogP contribution is 2.23. The summed E-state index contributed by atoms with van der Waals surface area (Å²) in [5.74, 6) is -0.313. The molecule has 3 rings (SSSR count). The van der Waals surface area contributed by atoms with Gasteiger partial charge in [-0.25, -0.2) is 4.79 Å². The van der Waals surface area contributed by atoms with E-state index in [0.717, 1.165) is 19.6 Å². The van der Waals surface area contributed by atoms with Crippen molar-refractivity contribution in [2.24, 2.45) is 5.92 Å². The summed E-state index contributed by atoms with van der Waals surface area (Å²) in [5, 5.41) is 10.8. The summed E-state index contributed by atoms with van der Waals surface area (Å²) < 4.78 is 17.5. The van der Waals surface area contributed by atoms with Gasteiger partial charge in [0, 0.05) is 57.3 Å². The molecule has 0 spiro atoms. The van der Waals surface area contributed by atoms with E-state index in [4.69, 9.17) is 14.2 Å². The van der Waals surface area contributed by atoms with Crippen molar-refractivity contribution < 1.29 is 23.9 Å². The number of hydrogen-bond donors (Lipinski definition) is 0. The third-order valence-corrected chi connectivity index (χ3v) is 4.50. The number of carbonyl (C=O) groups excluding carboxylic acids is 1. The Labute approximate surface area is 150 Å². The number of carbonyl (C=O) groups is 1. The molecule has 1 aromatic heterocycles. The van der Waals surface area contributed by atoms with Gasteiger partial charge in [0.15, 0.2) is 0 Å². The molecule has 11 heteroatoms. The number of rotatable bonds is 6. The topological polar surface area (TPSA) is 112 Å². The van der Waals surface area contributed by atoms with Crippen molar-refractivity contribution in [3.8, 4) is 6.01 Å². The number of fused-ring (bicyclic) bond motifs is 1. The quantitative estimate of drug-likeness (QED) is 0.516. The van der Waals surface area contributed by atoms with E-state index in [9.17, 15) is 14.9 Å². The van der Waals surface area contributed by atoms with E-state index in [2.05, 4.69) is 9.88 Å². The van der Waals surface area contributed by atoms with Crippen LogP contribution in [0.25, 0.3) is 0 Å². The maximum atomic E-state index is 12.2. The predicted octanol–water partition coefficient (Wildman–Crippen LogP) is 0.201. The van der Waals surface area contributed by atoms with Gasteiger partial charge in [-0.1, -0.05) is 0 Å². The normalized spacial score (nSPS) is 20.3. The van der Waals surface area contributed by atoms with E-state index >= 15 is 0 Å². The highest BCUT2D eigenvalue weighted by atomic mass is 16.6. The molecule has 26 heavy (non-hydrogen) atoms. The van der Waals surface area contributed by atoms with Crippen LogP contribution in [0.2, 0.25) is 0 Å². The van der Waals surface area contributed by atoms with E-state index in [1.54, 1.807) is 16.6 Å². The van der Waals surface area contributed by atoms with Crippen molar-refractivity contribution in [3.63, 3.8) is 0 Å². The van der Waals surface area contributed by atoms with E-state index in [1.807, 2.05) is 0 Å². The van der Waals surface area contributed by atoms with Crippen LogP contribution in [0.3, 0.4) is 0 Å². The number of nitrogens with zero attached hydrogens (tertiary/aromatic N) is 5. The van der Waals surface area contributed by atoms with Crippen LogP contribution in [-0.4, -0.2) is 90.0 Å². The Morgan fingerprint density at radius 1 is 1.42 bits per heavy atom. The minimum absolute atomic E-state index is 0.0664. The van der Waals surface area contributed by atoms with Gasteiger partial charge in [-0.2, -0.15) is 0 Å². The number of ether oxygens (including phenoxy) is 3. The Kier molecular flexibility index (Phi) is 5.89. The molecule has 1 atom stereocenters. The molecule has 1 aromatic rings. The lowest BCUT2D eigenvalue weighted by Crippen LogP contribution is -2.49. The van der Waals surface area contributed by atoms with Gasteiger partial charge in [0.25, 0.3) is 0 Å². The molecular formula is C15H23N5O6. The maximum Gasteiger partial charge on any atom is 0.414 e. The van der Waals surface area contributed by atoms with E-state index in [0.29, 0.717) is 32.8 Å². The van der Waals surface area contributed by atoms with E-state index in [1.165, 1.54) is 6.20 Å². The van der Waals surface area contributed by atoms with Crippen LogP contribution in [0.1, 0.15) is 0 Å². The zero-order chi connectivity index (χ0) is 18.5. The van der Waals surface area contributed by atoms with E-state index < -0.39 is 4.92 Å². The van der Waals surface area contributed by atoms with Crippen molar-refractivity contribution in [2.45, 2.75) is 6.54 Å². The second-order valence-electron chi connectivity index (χ2n) is 6.37. The highest BCUT2D eigenvalue weighted by Gasteiger charge is 2.29. The van der Waals surface area contributed by atoms with Gasteiger partial charge < -0.3 is 29.2 Å².